The van der Waals surface area contributed by atoms with Crippen LogP contribution in [0.4, 0.5) is 14.5 Å². The predicted molar refractivity (Wildman–Crippen MR) is 118 cm³/mol. The zero-order valence-corrected chi connectivity index (χ0v) is 17.8. The molecular formula is C21H20F2N4O3S. The molecule has 4 rings (SSSR count). The smallest absolute Gasteiger partial charge is 0.258 e. The van der Waals surface area contributed by atoms with Crippen LogP contribution in [-0.2, 0) is 25.1 Å². The topological polar surface area (TPSA) is 100 Å². The van der Waals surface area contributed by atoms with Gasteiger partial charge in [-0.05, 0) is 29.1 Å². The van der Waals surface area contributed by atoms with E-state index in [-0.39, 0.29) is 22.3 Å². The van der Waals surface area contributed by atoms with Gasteiger partial charge >= 0.3 is 0 Å². The van der Waals surface area contributed by atoms with Crippen LogP contribution in [0.5, 0.6) is 0 Å². The first kappa shape index (κ1) is 22.3. The van der Waals surface area contributed by atoms with Crippen LogP contribution in [0, 0.1) is 11.6 Å². The maximum atomic E-state index is 14.8. The summed E-state index contributed by atoms with van der Waals surface area (Å²) in [5, 5.41) is 5.08. The lowest BCUT2D eigenvalue weighted by atomic mass is 9.96. The van der Waals surface area contributed by atoms with Crippen LogP contribution < -0.4 is 10.3 Å². The highest BCUT2D eigenvalue weighted by molar-refractivity contribution is 7.85. The molecule has 0 fully saturated rings. The Morgan fingerprint density at radius 3 is 2.35 bits per heavy atom. The molecule has 0 radical (unpaired) electrons. The van der Waals surface area contributed by atoms with Crippen LogP contribution in [0.3, 0.4) is 0 Å². The van der Waals surface area contributed by atoms with Crippen molar-refractivity contribution in [2.75, 3.05) is 11.0 Å². The van der Waals surface area contributed by atoms with Gasteiger partial charge in [-0.3, -0.25) is 9.48 Å². The fraction of sp³-hybridized carbons (Fsp3) is 0.143. The van der Waals surface area contributed by atoms with Crippen LogP contribution in [0.15, 0.2) is 53.7 Å². The van der Waals surface area contributed by atoms with Crippen molar-refractivity contribution in [2.45, 2.75) is 0 Å². The highest BCUT2D eigenvalue weighted by Gasteiger charge is 2.17. The number of fused-ring (bicyclic) bond motifs is 1. The van der Waals surface area contributed by atoms with E-state index in [0.717, 1.165) is 17.2 Å². The molecule has 162 valence electrons. The van der Waals surface area contributed by atoms with Crippen LogP contribution in [0.2, 0.25) is 0 Å². The quantitative estimate of drug-likeness (QED) is 0.522. The Kier molecular flexibility index (Phi) is 6.05. The molecule has 0 bridgehead atoms. The highest BCUT2D eigenvalue weighted by Crippen LogP contribution is 2.34. The Hall–Kier alpha value is -3.37. The number of pyridine rings is 1. The minimum absolute atomic E-state index is 0. The number of hydrogen-bond donors (Lipinski definition) is 1. The molecule has 10 heteroatoms. The molecule has 0 amide bonds. The van der Waals surface area contributed by atoms with Crippen molar-refractivity contribution >= 4 is 27.4 Å². The number of halogens is 2. The molecule has 4 aromatic rings. The summed E-state index contributed by atoms with van der Waals surface area (Å²) in [6, 6.07) is 7.29. The largest absolute Gasteiger partial charge is 0.412 e. The summed E-state index contributed by atoms with van der Waals surface area (Å²) in [6.45, 7) is 0. The van der Waals surface area contributed by atoms with Crippen molar-refractivity contribution < 1.29 is 18.5 Å². The molecule has 3 N–H and O–H groups in total. The predicted octanol–water partition coefficient (Wildman–Crippen LogP) is 2.76. The third-order valence-electron chi connectivity index (χ3n) is 4.82. The van der Waals surface area contributed by atoms with Crippen LogP contribution in [0.25, 0.3) is 33.0 Å². The molecule has 0 spiro atoms. The van der Waals surface area contributed by atoms with E-state index in [0.29, 0.717) is 16.3 Å². The highest BCUT2D eigenvalue weighted by atomic mass is 32.2. The van der Waals surface area contributed by atoms with Gasteiger partial charge in [0.15, 0.2) is 0 Å². The van der Waals surface area contributed by atoms with E-state index in [2.05, 4.69) is 9.82 Å². The third kappa shape index (κ3) is 4.12. The Labute approximate surface area is 178 Å². The molecule has 1 atom stereocenters. The van der Waals surface area contributed by atoms with Gasteiger partial charge in [0.25, 0.3) is 5.56 Å². The zero-order valence-electron chi connectivity index (χ0n) is 16.9. The summed E-state index contributed by atoms with van der Waals surface area (Å²) >= 11 is 0. The summed E-state index contributed by atoms with van der Waals surface area (Å²) in [4.78, 5) is 12.7. The first-order valence-electron chi connectivity index (χ1n) is 8.96. The van der Waals surface area contributed by atoms with Gasteiger partial charge in [0.2, 0.25) is 0 Å². The monoisotopic (exact) mass is 446 g/mol. The van der Waals surface area contributed by atoms with Gasteiger partial charge in [-0.25, -0.2) is 13.0 Å². The van der Waals surface area contributed by atoms with Crippen molar-refractivity contribution in [3.05, 3.63) is 70.9 Å². The van der Waals surface area contributed by atoms with Gasteiger partial charge in [0.05, 0.1) is 11.9 Å². The molecular weight excluding hydrogens is 426 g/mol. The van der Waals surface area contributed by atoms with Gasteiger partial charge in [0, 0.05) is 60.9 Å². The molecule has 0 saturated heterocycles. The van der Waals surface area contributed by atoms with Crippen LogP contribution >= 0.6 is 0 Å². The second-order valence-corrected chi connectivity index (χ2v) is 8.10. The Balaban J connectivity index is 0.00000272. The van der Waals surface area contributed by atoms with Crippen molar-refractivity contribution in [3.8, 4) is 22.3 Å². The number of aryl methyl sites for hydroxylation is 2. The number of aromatic nitrogens is 3. The average Bonchev–Trinajstić information content (AvgIpc) is 3.13. The standard InChI is InChI=1S/C21H18F2N4O2S.H2O/c1-26-11-17(16-7-20(25-30(3)29)19(23)8-18(16)22)15-6-12(4-5-14(15)21(26)28)13-9-24-27(2)10-13;/h4-11,25H,1-3H3;1H2. The molecule has 2 aromatic carbocycles. The summed E-state index contributed by atoms with van der Waals surface area (Å²) in [7, 11) is 1.83. The minimum atomic E-state index is -1.54. The maximum Gasteiger partial charge on any atom is 0.258 e. The van der Waals surface area contributed by atoms with Crippen LogP contribution in [-0.4, -0.2) is 30.3 Å². The van der Waals surface area contributed by atoms with Gasteiger partial charge in [-0.1, -0.05) is 6.07 Å². The van der Waals surface area contributed by atoms with Crippen molar-refractivity contribution in [2.24, 2.45) is 14.1 Å². The number of anilines is 1. The Morgan fingerprint density at radius 1 is 0.968 bits per heavy atom. The van der Waals surface area contributed by atoms with E-state index in [9.17, 15) is 17.8 Å². The normalized spacial score (nSPS) is 11.9. The minimum Gasteiger partial charge on any atom is -0.412 e. The summed E-state index contributed by atoms with van der Waals surface area (Å²) in [5.41, 5.74) is 1.84. The van der Waals surface area contributed by atoms with Crippen molar-refractivity contribution in [1.29, 1.82) is 0 Å². The van der Waals surface area contributed by atoms with E-state index in [1.54, 1.807) is 43.2 Å². The summed E-state index contributed by atoms with van der Waals surface area (Å²) in [5.74, 6) is -1.64. The molecule has 0 saturated carbocycles. The van der Waals surface area contributed by atoms with Crippen LogP contribution in [0.1, 0.15) is 0 Å². The molecule has 0 aliphatic heterocycles. The van der Waals surface area contributed by atoms with E-state index >= 15 is 0 Å². The summed E-state index contributed by atoms with van der Waals surface area (Å²) < 4.78 is 45.9. The molecule has 2 heterocycles. The molecule has 2 aromatic heterocycles. The summed E-state index contributed by atoms with van der Waals surface area (Å²) in [6.07, 6.45) is 6.39. The lowest BCUT2D eigenvalue weighted by Gasteiger charge is -2.14. The Morgan fingerprint density at radius 2 is 1.71 bits per heavy atom. The maximum absolute atomic E-state index is 14.8. The molecule has 0 aliphatic rings. The SMILES string of the molecule is Cn1cc(-c2ccc3c(=O)n(C)cc(-c4cc(NS(C)=O)c(F)cc4F)c3c2)cn1.O. The van der Waals surface area contributed by atoms with E-state index in [1.165, 1.54) is 23.1 Å². The first-order chi connectivity index (χ1) is 14.2. The van der Waals surface area contributed by atoms with Gasteiger partial charge in [-0.2, -0.15) is 5.10 Å². The van der Waals surface area contributed by atoms with Gasteiger partial charge < -0.3 is 14.8 Å². The zero-order chi connectivity index (χ0) is 21.6. The number of hydrogen-bond acceptors (Lipinski definition) is 3. The number of nitrogens with zero attached hydrogens (tertiary/aromatic N) is 3. The fourth-order valence-electron chi connectivity index (χ4n) is 3.42. The van der Waals surface area contributed by atoms with E-state index in [4.69, 9.17) is 0 Å². The third-order valence-corrected chi connectivity index (χ3v) is 5.33. The Bertz CT molecular complexity index is 1380. The average molecular weight is 446 g/mol. The molecule has 0 aliphatic carbocycles. The van der Waals surface area contributed by atoms with Gasteiger partial charge in [-0.15, -0.1) is 0 Å². The van der Waals surface area contributed by atoms with Crippen molar-refractivity contribution in [3.63, 3.8) is 0 Å². The lowest BCUT2D eigenvalue weighted by molar-refractivity contribution is 0.588. The fourth-order valence-corrected chi connectivity index (χ4v) is 3.88. The van der Waals surface area contributed by atoms with Gasteiger partial charge in [0.1, 0.15) is 22.6 Å². The molecule has 7 nitrogen and oxygen atoms in total. The number of benzene rings is 2. The number of rotatable bonds is 4. The molecule has 31 heavy (non-hydrogen) atoms. The van der Waals surface area contributed by atoms with E-state index in [1.807, 2.05) is 6.20 Å². The van der Waals surface area contributed by atoms with E-state index < -0.39 is 22.6 Å². The second kappa shape index (κ2) is 8.40. The first-order valence-corrected chi connectivity index (χ1v) is 10.5. The van der Waals surface area contributed by atoms with Crippen molar-refractivity contribution in [1.82, 2.24) is 14.3 Å². The molecule has 1 unspecified atom stereocenters. The second-order valence-electron chi connectivity index (χ2n) is 6.99. The lowest BCUT2D eigenvalue weighted by Crippen LogP contribution is -2.16. The number of nitrogens with one attached hydrogen (secondary N) is 1.